The number of methoxy groups -OCH3 is 1. The number of hydrogen-bond donors (Lipinski definition) is 2. The Morgan fingerprint density at radius 2 is 2.15 bits per heavy atom. The van der Waals surface area contributed by atoms with Gasteiger partial charge in [0, 0.05) is 7.05 Å². The van der Waals surface area contributed by atoms with E-state index in [4.69, 9.17) is 9.84 Å². The topological polar surface area (TPSA) is 78.9 Å². The van der Waals surface area contributed by atoms with Gasteiger partial charge in [0.1, 0.15) is 11.8 Å². The molecule has 0 aliphatic carbocycles. The molecule has 0 fully saturated rings. The van der Waals surface area contributed by atoms with E-state index in [2.05, 4.69) is 11.9 Å². The zero-order valence-corrected chi connectivity index (χ0v) is 11.5. The van der Waals surface area contributed by atoms with Crippen LogP contribution in [-0.4, -0.2) is 37.3 Å². The van der Waals surface area contributed by atoms with Crippen LogP contribution >= 0.6 is 0 Å². The lowest BCUT2D eigenvalue weighted by atomic mass is 10.2. The Balaban J connectivity index is 2.85. The maximum atomic E-state index is 12.1. The van der Waals surface area contributed by atoms with Gasteiger partial charge in [0.2, 0.25) is 0 Å². The summed E-state index contributed by atoms with van der Waals surface area (Å²) < 4.78 is 5.16. The summed E-state index contributed by atoms with van der Waals surface area (Å²) in [6.45, 7) is 3.47. The van der Waals surface area contributed by atoms with Crippen LogP contribution in [0.3, 0.4) is 0 Å². The molecule has 1 aromatic carbocycles. The summed E-state index contributed by atoms with van der Waals surface area (Å²) in [5.74, 6) is -0.576. The van der Waals surface area contributed by atoms with Gasteiger partial charge in [-0.2, -0.15) is 0 Å². The maximum absolute atomic E-state index is 12.1. The van der Waals surface area contributed by atoms with Crippen LogP contribution in [0.2, 0.25) is 0 Å². The number of nitrogens with zero attached hydrogens (tertiary/aromatic N) is 1. The van der Waals surface area contributed by atoms with Crippen LogP contribution < -0.4 is 15.0 Å². The van der Waals surface area contributed by atoms with E-state index >= 15 is 0 Å². The molecule has 0 heterocycles. The highest BCUT2D eigenvalue weighted by Crippen LogP contribution is 2.26. The number of anilines is 1. The number of para-hydroxylation sites is 2. The summed E-state index contributed by atoms with van der Waals surface area (Å²) in [6, 6.07) is 5.45. The van der Waals surface area contributed by atoms with E-state index in [0.717, 1.165) is 0 Å². The predicted octanol–water partition coefficient (Wildman–Crippen LogP) is 1.87. The minimum Gasteiger partial charge on any atom is -0.495 e. The molecule has 108 valence electrons. The Morgan fingerprint density at radius 1 is 1.50 bits per heavy atom. The third-order valence-corrected chi connectivity index (χ3v) is 2.75. The van der Waals surface area contributed by atoms with E-state index in [1.807, 2.05) is 0 Å². The lowest BCUT2D eigenvalue weighted by Crippen LogP contribution is -2.46. The van der Waals surface area contributed by atoms with Crippen molar-refractivity contribution in [2.75, 3.05) is 19.1 Å². The highest BCUT2D eigenvalue weighted by molar-refractivity contribution is 5.95. The molecule has 1 aromatic rings. The largest absolute Gasteiger partial charge is 0.495 e. The number of carbonyl (C=O) groups excluding carboxylic acids is 1. The van der Waals surface area contributed by atoms with Gasteiger partial charge in [0.15, 0.2) is 0 Å². The average Bonchev–Trinajstić information content (AvgIpc) is 2.45. The minimum atomic E-state index is -1.10. The van der Waals surface area contributed by atoms with Gasteiger partial charge in [-0.3, -0.25) is 4.90 Å². The summed E-state index contributed by atoms with van der Waals surface area (Å²) >= 11 is 0. The van der Waals surface area contributed by atoms with Gasteiger partial charge in [0.25, 0.3) is 0 Å². The zero-order chi connectivity index (χ0) is 15.1. The highest BCUT2D eigenvalue weighted by atomic mass is 16.5. The van der Waals surface area contributed by atoms with Crippen molar-refractivity contribution in [3.63, 3.8) is 0 Å². The molecule has 0 saturated carbocycles. The monoisotopic (exact) mass is 278 g/mol. The van der Waals surface area contributed by atoms with Crippen molar-refractivity contribution in [2.24, 2.45) is 0 Å². The summed E-state index contributed by atoms with van der Waals surface area (Å²) in [5.41, 5.74) is 0.551. The smallest absolute Gasteiger partial charge is 0.326 e. The number of urea groups is 1. The summed E-state index contributed by atoms with van der Waals surface area (Å²) in [4.78, 5) is 24.4. The number of carboxylic acid groups (broad SMARTS) is 1. The number of carboxylic acids is 1. The van der Waals surface area contributed by atoms with Gasteiger partial charge >= 0.3 is 12.0 Å². The van der Waals surface area contributed by atoms with Crippen molar-refractivity contribution in [3.8, 4) is 5.75 Å². The second-order valence-electron chi connectivity index (χ2n) is 4.10. The Kier molecular flexibility index (Phi) is 5.58. The minimum absolute atomic E-state index is 0.154. The van der Waals surface area contributed by atoms with Crippen LogP contribution in [0.15, 0.2) is 36.9 Å². The van der Waals surface area contributed by atoms with Crippen molar-refractivity contribution in [3.05, 3.63) is 36.9 Å². The van der Waals surface area contributed by atoms with E-state index in [1.54, 1.807) is 31.3 Å². The van der Waals surface area contributed by atoms with Crippen LogP contribution in [0.25, 0.3) is 0 Å². The van der Waals surface area contributed by atoms with Crippen LogP contribution in [0.5, 0.6) is 5.75 Å². The number of nitrogens with one attached hydrogen (secondary N) is 1. The summed E-state index contributed by atoms with van der Waals surface area (Å²) in [5, 5.41) is 11.4. The second-order valence-corrected chi connectivity index (χ2v) is 4.10. The number of rotatable bonds is 6. The molecular weight excluding hydrogens is 260 g/mol. The number of carbonyl (C=O) groups is 2. The van der Waals surface area contributed by atoms with Gasteiger partial charge < -0.3 is 15.2 Å². The average molecular weight is 278 g/mol. The molecule has 2 amide bonds. The molecule has 0 aliphatic rings. The van der Waals surface area contributed by atoms with E-state index in [9.17, 15) is 9.59 Å². The van der Waals surface area contributed by atoms with Crippen molar-refractivity contribution in [1.82, 2.24) is 5.32 Å². The SMILES string of the molecule is C=CCC(NC(=O)N(C)c1ccccc1OC)C(=O)O. The zero-order valence-electron chi connectivity index (χ0n) is 11.5. The predicted molar refractivity (Wildman–Crippen MR) is 76.2 cm³/mol. The normalized spacial score (nSPS) is 11.3. The molecule has 1 rings (SSSR count). The lowest BCUT2D eigenvalue weighted by Gasteiger charge is -2.22. The number of hydrogen-bond acceptors (Lipinski definition) is 3. The Hall–Kier alpha value is -2.50. The molecule has 0 spiro atoms. The molecule has 0 radical (unpaired) electrons. The lowest BCUT2D eigenvalue weighted by molar-refractivity contribution is -0.139. The van der Waals surface area contributed by atoms with Crippen LogP contribution in [-0.2, 0) is 4.79 Å². The van der Waals surface area contributed by atoms with Gasteiger partial charge in [-0.05, 0) is 18.6 Å². The van der Waals surface area contributed by atoms with E-state index in [0.29, 0.717) is 11.4 Å². The van der Waals surface area contributed by atoms with Crippen molar-refractivity contribution in [1.29, 1.82) is 0 Å². The van der Waals surface area contributed by atoms with Crippen LogP contribution in [0.4, 0.5) is 10.5 Å². The fourth-order valence-electron chi connectivity index (χ4n) is 1.65. The first-order chi connectivity index (χ1) is 9.51. The van der Waals surface area contributed by atoms with Gasteiger partial charge in [-0.25, -0.2) is 9.59 Å². The molecule has 1 unspecified atom stereocenters. The fourth-order valence-corrected chi connectivity index (χ4v) is 1.65. The third kappa shape index (κ3) is 3.74. The Labute approximate surface area is 117 Å². The quantitative estimate of drug-likeness (QED) is 0.779. The van der Waals surface area contributed by atoms with E-state index in [1.165, 1.54) is 18.1 Å². The Morgan fingerprint density at radius 3 is 2.70 bits per heavy atom. The van der Waals surface area contributed by atoms with E-state index < -0.39 is 18.0 Å². The standard InChI is InChI=1S/C14H18N2O4/c1-4-7-10(13(17)18)15-14(19)16(2)11-8-5-6-9-12(11)20-3/h4-6,8-10H,1,7H2,2-3H3,(H,15,19)(H,17,18). The maximum Gasteiger partial charge on any atom is 0.326 e. The highest BCUT2D eigenvalue weighted by Gasteiger charge is 2.22. The fraction of sp³-hybridized carbons (Fsp3) is 0.286. The first-order valence-electron chi connectivity index (χ1n) is 6.02. The van der Waals surface area contributed by atoms with Crippen molar-refractivity contribution < 1.29 is 19.4 Å². The molecule has 0 aliphatic heterocycles. The van der Waals surface area contributed by atoms with E-state index in [-0.39, 0.29) is 6.42 Å². The van der Waals surface area contributed by atoms with Gasteiger partial charge in [-0.15, -0.1) is 6.58 Å². The molecule has 2 N–H and O–H groups in total. The molecule has 6 nitrogen and oxygen atoms in total. The molecule has 0 saturated heterocycles. The Bertz CT molecular complexity index is 502. The number of ether oxygens (including phenoxy) is 1. The number of benzene rings is 1. The molecule has 0 aromatic heterocycles. The van der Waals surface area contributed by atoms with Crippen LogP contribution in [0.1, 0.15) is 6.42 Å². The first-order valence-corrected chi connectivity index (χ1v) is 6.02. The molecule has 0 bridgehead atoms. The molecular formula is C14H18N2O4. The summed E-state index contributed by atoms with van der Waals surface area (Å²) in [6.07, 6.45) is 1.60. The summed E-state index contributed by atoms with van der Waals surface area (Å²) in [7, 11) is 3.04. The molecule has 1 atom stereocenters. The third-order valence-electron chi connectivity index (χ3n) is 2.75. The molecule has 20 heavy (non-hydrogen) atoms. The van der Waals surface area contributed by atoms with Gasteiger partial charge in [0.05, 0.1) is 12.8 Å². The first kappa shape index (κ1) is 15.6. The van der Waals surface area contributed by atoms with Crippen molar-refractivity contribution >= 4 is 17.7 Å². The van der Waals surface area contributed by atoms with Gasteiger partial charge in [-0.1, -0.05) is 18.2 Å². The molecule has 6 heteroatoms. The second kappa shape index (κ2) is 7.18. The number of aliphatic carboxylic acids is 1. The number of amides is 2. The van der Waals surface area contributed by atoms with Crippen LogP contribution in [0, 0.1) is 0 Å². The van der Waals surface area contributed by atoms with Crippen molar-refractivity contribution in [2.45, 2.75) is 12.5 Å².